The Kier molecular flexibility index (Phi) is 6.41. The fraction of sp³-hybridized carbons (Fsp3) is 0.217. The van der Waals surface area contributed by atoms with E-state index < -0.39 is 23.5 Å². The molecule has 33 heavy (non-hydrogen) atoms. The lowest BCUT2D eigenvalue weighted by molar-refractivity contribution is 0.0929. The Labute approximate surface area is 193 Å². The molecule has 0 radical (unpaired) electrons. The summed E-state index contributed by atoms with van der Waals surface area (Å²) in [5, 5.41) is 5.45. The predicted octanol–water partition coefficient (Wildman–Crippen LogP) is 3.55. The highest BCUT2D eigenvalue weighted by Crippen LogP contribution is 2.31. The Balaban J connectivity index is 1.49. The van der Waals surface area contributed by atoms with E-state index in [0.717, 1.165) is 18.6 Å². The van der Waals surface area contributed by atoms with Crippen molar-refractivity contribution in [1.29, 1.82) is 0 Å². The highest BCUT2D eigenvalue weighted by Gasteiger charge is 2.24. The first-order valence-electron chi connectivity index (χ1n) is 10.4. The van der Waals surface area contributed by atoms with E-state index in [4.69, 9.17) is 17.3 Å². The Hall–Kier alpha value is -3.72. The van der Waals surface area contributed by atoms with E-state index in [0.29, 0.717) is 23.8 Å². The van der Waals surface area contributed by atoms with E-state index in [1.165, 1.54) is 29.8 Å². The molecule has 1 aromatic heterocycles. The van der Waals surface area contributed by atoms with Gasteiger partial charge < -0.3 is 16.4 Å². The molecule has 170 valence electrons. The van der Waals surface area contributed by atoms with Gasteiger partial charge >= 0.3 is 0 Å². The molecule has 0 atom stereocenters. The Morgan fingerprint density at radius 2 is 1.85 bits per heavy atom. The molecule has 0 spiro atoms. The van der Waals surface area contributed by atoms with Gasteiger partial charge in [0.2, 0.25) is 0 Å². The first-order valence-corrected chi connectivity index (χ1v) is 10.7. The van der Waals surface area contributed by atoms with Crippen LogP contribution in [0.1, 0.15) is 50.6 Å². The van der Waals surface area contributed by atoms with Crippen LogP contribution in [-0.4, -0.2) is 33.8 Å². The van der Waals surface area contributed by atoms with Gasteiger partial charge in [-0.05, 0) is 54.8 Å². The molecule has 1 saturated carbocycles. The molecule has 8 nitrogen and oxygen atoms in total. The van der Waals surface area contributed by atoms with Gasteiger partial charge in [-0.2, -0.15) is 0 Å². The molecule has 3 aromatic rings. The van der Waals surface area contributed by atoms with E-state index in [2.05, 4.69) is 15.6 Å². The molecule has 4 rings (SSSR count). The molecular formula is C23H21ClFN5O3. The van der Waals surface area contributed by atoms with Gasteiger partial charge in [0, 0.05) is 17.9 Å². The quantitative estimate of drug-likeness (QED) is 0.467. The van der Waals surface area contributed by atoms with Gasteiger partial charge in [-0.15, -0.1) is 0 Å². The second kappa shape index (κ2) is 9.41. The normalized spacial score (nSPS) is 12.9. The van der Waals surface area contributed by atoms with Gasteiger partial charge in [-0.25, -0.2) is 9.37 Å². The summed E-state index contributed by atoms with van der Waals surface area (Å²) in [5.74, 6) is -1.62. The number of primary amides is 1. The maximum absolute atomic E-state index is 13.2. The number of hydrogen-bond donors (Lipinski definition) is 3. The van der Waals surface area contributed by atoms with Gasteiger partial charge in [0.05, 0.1) is 10.6 Å². The van der Waals surface area contributed by atoms with Crippen LogP contribution in [0.15, 0.2) is 48.8 Å². The lowest BCUT2D eigenvalue weighted by atomic mass is 10.2. The number of halogens is 2. The molecule has 10 heteroatoms. The van der Waals surface area contributed by atoms with Crippen molar-refractivity contribution in [3.05, 3.63) is 76.6 Å². The number of nitrogens with one attached hydrogen (secondary N) is 2. The van der Waals surface area contributed by atoms with Crippen molar-refractivity contribution in [2.75, 3.05) is 11.9 Å². The van der Waals surface area contributed by atoms with Crippen LogP contribution in [-0.2, 0) is 0 Å². The van der Waals surface area contributed by atoms with E-state index in [1.54, 1.807) is 24.3 Å². The summed E-state index contributed by atoms with van der Waals surface area (Å²) in [6.45, 7) is 0.515. The number of carbonyl (C=O) groups excluding carboxylic acids is 3. The smallest absolute Gasteiger partial charge is 0.272 e. The molecule has 1 fully saturated rings. The third-order valence-electron chi connectivity index (χ3n) is 5.33. The fourth-order valence-corrected chi connectivity index (χ4v) is 3.66. The number of nitrogens with two attached hydrogens (primary N) is 1. The van der Waals surface area contributed by atoms with Crippen LogP contribution in [0.5, 0.6) is 0 Å². The third-order valence-corrected chi connectivity index (χ3v) is 5.64. The molecule has 0 unspecified atom stereocenters. The second-order valence-electron chi connectivity index (χ2n) is 7.79. The van der Waals surface area contributed by atoms with Crippen molar-refractivity contribution >= 4 is 35.0 Å². The van der Waals surface area contributed by atoms with Gasteiger partial charge in [0.25, 0.3) is 17.7 Å². The van der Waals surface area contributed by atoms with Crippen LogP contribution in [0.2, 0.25) is 5.02 Å². The molecular weight excluding hydrogens is 449 g/mol. The lowest BCUT2D eigenvalue weighted by Gasteiger charge is -2.10. The highest BCUT2D eigenvalue weighted by molar-refractivity contribution is 6.34. The molecule has 1 heterocycles. The SMILES string of the molecule is NC(=O)c1c(C(=O)NCCC2CC2)ncn1-c1ccc(NC(=O)c2ccc(F)cc2Cl)cc1. The molecule has 0 bridgehead atoms. The average Bonchev–Trinajstić information content (AvgIpc) is 3.48. The number of carbonyl (C=O) groups is 3. The molecule has 2 aromatic carbocycles. The summed E-state index contributed by atoms with van der Waals surface area (Å²) in [6, 6.07) is 9.96. The van der Waals surface area contributed by atoms with Gasteiger partial charge in [0.1, 0.15) is 17.8 Å². The zero-order chi connectivity index (χ0) is 23.5. The number of imidazole rings is 1. The summed E-state index contributed by atoms with van der Waals surface area (Å²) < 4.78 is 14.6. The van der Waals surface area contributed by atoms with Crippen molar-refractivity contribution in [3.63, 3.8) is 0 Å². The summed E-state index contributed by atoms with van der Waals surface area (Å²) >= 11 is 5.93. The number of nitrogens with zero attached hydrogens (tertiary/aromatic N) is 2. The lowest BCUT2D eigenvalue weighted by Crippen LogP contribution is -2.28. The van der Waals surface area contributed by atoms with Crippen LogP contribution in [0.25, 0.3) is 5.69 Å². The Morgan fingerprint density at radius 1 is 1.12 bits per heavy atom. The zero-order valence-corrected chi connectivity index (χ0v) is 18.2. The number of aromatic nitrogens is 2. The van der Waals surface area contributed by atoms with Crippen molar-refractivity contribution in [1.82, 2.24) is 14.9 Å². The van der Waals surface area contributed by atoms with Crippen LogP contribution >= 0.6 is 11.6 Å². The second-order valence-corrected chi connectivity index (χ2v) is 8.20. The Morgan fingerprint density at radius 3 is 2.48 bits per heavy atom. The van der Waals surface area contributed by atoms with E-state index >= 15 is 0 Å². The average molecular weight is 470 g/mol. The standard InChI is InChI=1S/C23H21ClFN5O3/c24-18-11-14(25)3-8-17(18)22(32)29-15-4-6-16(7-5-15)30-12-28-19(20(30)21(26)31)23(33)27-10-9-13-1-2-13/h3-8,11-13H,1-2,9-10H2,(H2,26,31)(H,27,33)(H,29,32). The summed E-state index contributed by atoms with van der Waals surface area (Å²) in [7, 11) is 0. The third kappa shape index (κ3) is 5.20. The first-order chi connectivity index (χ1) is 15.8. The van der Waals surface area contributed by atoms with Crippen molar-refractivity contribution in [3.8, 4) is 5.69 Å². The monoisotopic (exact) mass is 469 g/mol. The van der Waals surface area contributed by atoms with Crippen molar-refractivity contribution in [2.45, 2.75) is 19.3 Å². The molecule has 0 aliphatic heterocycles. The fourth-order valence-electron chi connectivity index (χ4n) is 3.40. The first kappa shape index (κ1) is 22.5. The topological polar surface area (TPSA) is 119 Å². The summed E-state index contributed by atoms with van der Waals surface area (Å²) in [6.07, 6.45) is 4.62. The number of amides is 3. The minimum Gasteiger partial charge on any atom is -0.364 e. The summed E-state index contributed by atoms with van der Waals surface area (Å²) in [5.41, 5.74) is 6.55. The molecule has 0 saturated heterocycles. The van der Waals surface area contributed by atoms with Crippen molar-refractivity contribution < 1.29 is 18.8 Å². The minimum atomic E-state index is -0.789. The maximum Gasteiger partial charge on any atom is 0.272 e. The number of benzene rings is 2. The van der Waals surface area contributed by atoms with E-state index in [9.17, 15) is 18.8 Å². The highest BCUT2D eigenvalue weighted by atomic mass is 35.5. The minimum absolute atomic E-state index is 0.00317. The molecule has 1 aliphatic carbocycles. The predicted molar refractivity (Wildman–Crippen MR) is 121 cm³/mol. The molecule has 3 amide bonds. The largest absolute Gasteiger partial charge is 0.364 e. The van der Waals surface area contributed by atoms with Crippen LogP contribution in [0.3, 0.4) is 0 Å². The van der Waals surface area contributed by atoms with Gasteiger partial charge in [0.15, 0.2) is 5.69 Å². The molecule has 4 N–H and O–H groups in total. The van der Waals surface area contributed by atoms with Gasteiger partial charge in [-0.1, -0.05) is 24.4 Å². The molecule has 1 aliphatic rings. The van der Waals surface area contributed by atoms with Crippen LogP contribution < -0.4 is 16.4 Å². The van der Waals surface area contributed by atoms with Gasteiger partial charge in [-0.3, -0.25) is 19.0 Å². The van der Waals surface area contributed by atoms with E-state index in [1.807, 2.05) is 0 Å². The number of anilines is 1. The Bertz CT molecular complexity index is 1220. The van der Waals surface area contributed by atoms with Crippen LogP contribution in [0.4, 0.5) is 10.1 Å². The maximum atomic E-state index is 13.2. The van der Waals surface area contributed by atoms with Crippen molar-refractivity contribution in [2.24, 2.45) is 11.7 Å². The number of rotatable bonds is 8. The van der Waals surface area contributed by atoms with E-state index in [-0.39, 0.29) is 22.0 Å². The zero-order valence-electron chi connectivity index (χ0n) is 17.5. The number of hydrogen-bond acceptors (Lipinski definition) is 4. The summed E-state index contributed by atoms with van der Waals surface area (Å²) in [4.78, 5) is 41.1. The van der Waals surface area contributed by atoms with Crippen LogP contribution in [0, 0.1) is 11.7 Å².